The summed E-state index contributed by atoms with van der Waals surface area (Å²) in [6.45, 7) is 5.61. The number of anilines is 1. The zero-order valence-electron chi connectivity index (χ0n) is 35.4. The molecule has 0 aliphatic carbocycles. The Labute approximate surface area is 579 Å². The molecule has 0 saturated carbocycles. The number of nitrogens with zero attached hydrogens (tertiary/aromatic N) is 2. The molecule has 318 valence electrons. The van der Waals surface area contributed by atoms with Crippen LogP contribution < -0.4 is 267 Å². The first kappa shape index (κ1) is 69.4. The maximum absolute atomic E-state index is 12.5. The van der Waals surface area contributed by atoms with Gasteiger partial charge in [-0.05, 0) is 63.5 Å². The molecule has 0 unspecified atom stereocenters. The van der Waals surface area contributed by atoms with Gasteiger partial charge < -0.3 is 28.4 Å². The molecule has 4 rings (SSSR count). The summed E-state index contributed by atoms with van der Waals surface area (Å²) in [5.41, 5.74) is -3.36. The zero-order chi connectivity index (χ0) is 43.2. The van der Waals surface area contributed by atoms with E-state index >= 15 is 0 Å². The van der Waals surface area contributed by atoms with E-state index in [1.807, 2.05) is 0 Å². The number of hydrogen-bond acceptors (Lipinski definition) is 19. The number of benzene rings is 2. The van der Waals surface area contributed by atoms with E-state index in [9.17, 15) is 70.1 Å². The van der Waals surface area contributed by atoms with Crippen molar-refractivity contribution in [3.8, 4) is 0 Å². The van der Waals surface area contributed by atoms with Crippen LogP contribution >= 0.6 is 12.0 Å². The number of fused-ring (bicyclic) bond motifs is 2. The molecular weight excluding hydrogens is 1080 g/mol. The molecule has 20 nitrogen and oxygen atoms in total. The molecule has 0 radical (unpaired) electrons. The average Bonchev–Trinajstić information content (AvgIpc) is 3.40. The Bertz CT molecular complexity index is 2620. The average molecular weight is 1110 g/mol. The topological polar surface area (TPSA) is 331 Å². The van der Waals surface area contributed by atoms with Crippen molar-refractivity contribution in [1.82, 2.24) is 0 Å². The Hall–Kier alpha value is 5.35. The summed E-state index contributed by atoms with van der Waals surface area (Å²) in [6, 6.07) is 3.55. The van der Waals surface area contributed by atoms with Crippen molar-refractivity contribution in [3.05, 3.63) is 59.3 Å². The van der Waals surface area contributed by atoms with Gasteiger partial charge in [0, 0.05) is 41.5 Å². The summed E-state index contributed by atoms with van der Waals surface area (Å²) in [5.74, 6) is -1.44. The smallest absolute Gasteiger partial charge is 0.748 e. The van der Waals surface area contributed by atoms with Crippen molar-refractivity contribution in [2.24, 2.45) is 0 Å². The fourth-order valence-corrected chi connectivity index (χ4v) is 11.2. The van der Waals surface area contributed by atoms with Crippen molar-refractivity contribution < 1.29 is 341 Å². The minimum Gasteiger partial charge on any atom is -0.748 e. The van der Waals surface area contributed by atoms with E-state index in [1.165, 1.54) is 47.6 Å². The van der Waals surface area contributed by atoms with Crippen LogP contribution in [0.1, 0.15) is 64.5 Å². The summed E-state index contributed by atoms with van der Waals surface area (Å²) in [7, 11) is -24.9. The molecule has 0 aromatic heterocycles. The van der Waals surface area contributed by atoms with E-state index in [2.05, 4.69) is 9.37 Å². The molecular formula is C31H36K5N2O18S6+. The Morgan fingerprint density at radius 1 is 0.710 bits per heavy atom. The standard InChI is InChI=1S/C31H40N2O18S6.5K/c1-30(2)24(32(16-5-7-18-53(35,36)37)28-20(52-51-50-34)12-13-21(26(28)30)55(41,42)43)10-9-11-25-31(3,4)27-22(56(44,45)46)14-15-23(57(47,48)49)29(27)33(25)17-6-8-19-54(38,39)40;;;;;/h9-15H,5-8,16-19H2,1-4H3,(H5-,34,35,36,37,38,39,40,41,42,43,44,45,46,47,48,49);;;;;/q;5*+1/p-4. The molecule has 2 aliphatic heterocycles. The molecule has 0 fully saturated rings. The van der Waals surface area contributed by atoms with Gasteiger partial charge in [-0.1, -0.05) is 19.9 Å². The van der Waals surface area contributed by atoms with Crippen LogP contribution in [0.25, 0.3) is 0 Å². The summed E-state index contributed by atoms with van der Waals surface area (Å²) in [4.78, 5) is -0.766. The van der Waals surface area contributed by atoms with Crippen LogP contribution in [0, 0.1) is 0 Å². The first-order valence-electron chi connectivity index (χ1n) is 16.5. The summed E-state index contributed by atoms with van der Waals surface area (Å²) in [5, 5.41) is 14.2. The van der Waals surface area contributed by atoms with Crippen molar-refractivity contribution in [3.63, 3.8) is 0 Å². The minimum absolute atomic E-state index is 0. The van der Waals surface area contributed by atoms with Gasteiger partial charge in [0.15, 0.2) is 5.71 Å². The van der Waals surface area contributed by atoms with Crippen molar-refractivity contribution in [2.75, 3.05) is 29.5 Å². The van der Waals surface area contributed by atoms with Crippen LogP contribution in [-0.2, 0) is 70.8 Å². The van der Waals surface area contributed by atoms with E-state index in [4.69, 9.17) is 0 Å². The van der Waals surface area contributed by atoms with Gasteiger partial charge in [-0.15, -0.1) is 0 Å². The number of rotatable bonds is 18. The van der Waals surface area contributed by atoms with Crippen LogP contribution in [0.4, 0.5) is 11.4 Å². The second-order valence-electron chi connectivity index (χ2n) is 14.0. The predicted octanol–water partition coefficient (Wildman–Crippen LogP) is -13.7. The zero-order valence-corrected chi connectivity index (χ0v) is 55.9. The Kier molecular flexibility index (Phi) is 30.9. The maximum atomic E-state index is 12.5. The third kappa shape index (κ3) is 17.8. The summed E-state index contributed by atoms with van der Waals surface area (Å²) in [6.07, 6.45) is 3.81. The van der Waals surface area contributed by atoms with Gasteiger partial charge in [-0.3, -0.25) is 9.59 Å². The van der Waals surface area contributed by atoms with Crippen molar-refractivity contribution in [2.45, 2.75) is 83.8 Å². The largest absolute Gasteiger partial charge is 1.00 e. The molecule has 2 aromatic rings. The third-order valence-electron chi connectivity index (χ3n) is 9.39. The van der Waals surface area contributed by atoms with Crippen LogP contribution in [0.5, 0.6) is 0 Å². The van der Waals surface area contributed by atoms with Crippen LogP contribution in [0.15, 0.2) is 67.8 Å². The van der Waals surface area contributed by atoms with E-state index < -0.39 is 93.3 Å². The molecule has 0 atom stereocenters. The second-order valence-corrected chi connectivity index (χ2v) is 21.8. The number of hydrogen-bond donors (Lipinski definition) is 1. The quantitative estimate of drug-likeness (QED) is 0.0275. The van der Waals surface area contributed by atoms with Gasteiger partial charge in [0.1, 0.15) is 41.8 Å². The Morgan fingerprint density at radius 3 is 1.71 bits per heavy atom. The van der Waals surface area contributed by atoms with E-state index in [0.717, 1.165) is 6.07 Å². The third-order valence-corrected chi connectivity index (χ3v) is 14.2. The van der Waals surface area contributed by atoms with Crippen LogP contribution in [0.2, 0.25) is 0 Å². The Balaban J connectivity index is 0. The minimum atomic E-state index is -5.34. The fourth-order valence-electron chi connectivity index (χ4n) is 7.15. The van der Waals surface area contributed by atoms with E-state index in [1.54, 1.807) is 13.8 Å². The SMILES string of the molecule is CC1(C)C(/C=C/C=C2/N(CCCCS(=O)(=O)O)c3c(SOO[O-])ccc(S(=O)(=O)[O-])c3C2(C)C)=[N+](CCCCS(=O)(=O)[O-])c2c(S(=O)(=O)[O-])ccc(S(=O)(=O)[O-])c21.[K+].[K+].[K+].[K+].[K+]. The predicted molar refractivity (Wildman–Crippen MR) is 195 cm³/mol. The van der Waals surface area contributed by atoms with E-state index in [-0.39, 0.29) is 329 Å². The molecule has 62 heavy (non-hydrogen) atoms. The second kappa shape index (κ2) is 27.6. The van der Waals surface area contributed by atoms with Crippen LogP contribution in [0.3, 0.4) is 0 Å². The number of unbranched alkanes of at least 4 members (excludes halogenated alkanes) is 2. The van der Waals surface area contributed by atoms with Crippen LogP contribution in [-0.4, -0.2) is 99.7 Å². The fraction of sp³-hybridized carbons (Fsp3) is 0.452. The van der Waals surface area contributed by atoms with Gasteiger partial charge in [0.05, 0.1) is 59.3 Å². The number of allylic oxidation sites excluding steroid dienone is 4. The van der Waals surface area contributed by atoms with Crippen molar-refractivity contribution in [1.29, 1.82) is 0 Å². The van der Waals surface area contributed by atoms with E-state index in [0.29, 0.717) is 24.2 Å². The molecule has 0 bridgehead atoms. The molecule has 0 saturated heterocycles. The molecule has 0 amide bonds. The molecule has 2 aliphatic rings. The molecule has 0 spiro atoms. The molecule has 2 aromatic carbocycles. The first-order valence-corrected chi connectivity index (χ1v) is 24.7. The Morgan fingerprint density at radius 2 is 1.21 bits per heavy atom. The van der Waals surface area contributed by atoms with Gasteiger partial charge in [0.25, 0.3) is 10.1 Å². The van der Waals surface area contributed by atoms with Crippen molar-refractivity contribution >= 4 is 79.7 Å². The van der Waals surface area contributed by atoms with Gasteiger partial charge in [-0.25, -0.2) is 33.7 Å². The molecule has 2 heterocycles. The first-order chi connectivity index (χ1) is 25.9. The summed E-state index contributed by atoms with van der Waals surface area (Å²) >= 11 is 0.378. The molecule has 31 heteroatoms. The monoisotopic (exact) mass is 1110 g/mol. The van der Waals surface area contributed by atoms with Gasteiger partial charge >= 0.3 is 257 Å². The summed E-state index contributed by atoms with van der Waals surface area (Å²) < 4.78 is 184. The van der Waals surface area contributed by atoms with Gasteiger partial charge in [-0.2, -0.15) is 17.3 Å². The van der Waals surface area contributed by atoms with Gasteiger partial charge in [0.2, 0.25) is 5.69 Å². The molecule has 1 N–H and O–H groups in total. The normalized spacial score (nSPS) is 16.4. The maximum Gasteiger partial charge on any atom is 1.00 e.